The van der Waals surface area contributed by atoms with Crippen molar-refractivity contribution in [1.29, 1.82) is 0 Å². The Labute approximate surface area is 197 Å². The van der Waals surface area contributed by atoms with Crippen molar-refractivity contribution in [3.05, 3.63) is 46.6 Å². The lowest BCUT2D eigenvalue weighted by Gasteiger charge is -2.12. The van der Waals surface area contributed by atoms with E-state index in [-0.39, 0.29) is 5.97 Å². The van der Waals surface area contributed by atoms with E-state index in [0.29, 0.717) is 23.8 Å². The normalized spacial score (nSPS) is 11.1. The minimum absolute atomic E-state index is 0.265. The molecule has 3 rings (SSSR count). The molecular formula is C24H28ClNO3S2. The van der Waals surface area contributed by atoms with Gasteiger partial charge in [-0.05, 0) is 55.1 Å². The van der Waals surface area contributed by atoms with Gasteiger partial charge < -0.3 is 9.47 Å². The average Bonchev–Trinajstić information content (AvgIpc) is 3.19. The third-order valence-electron chi connectivity index (χ3n) is 4.84. The van der Waals surface area contributed by atoms with E-state index in [1.165, 1.54) is 21.3 Å². The second kappa shape index (κ2) is 11.7. The van der Waals surface area contributed by atoms with E-state index in [1.807, 2.05) is 6.07 Å². The number of aryl methyl sites for hydroxylation is 2. The first-order valence-corrected chi connectivity index (χ1v) is 12.9. The molecule has 0 fully saturated rings. The van der Waals surface area contributed by atoms with Crippen LogP contribution < -0.4 is 9.47 Å². The van der Waals surface area contributed by atoms with Gasteiger partial charge in [0, 0.05) is 34.1 Å². The fourth-order valence-electron chi connectivity index (χ4n) is 3.26. The van der Waals surface area contributed by atoms with E-state index >= 15 is 0 Å². The van der Waals surface area contributed by atoms with Gasteiger partial charge in [-0.3, -0.25) is 4.79 Å². The van der Waals surface area contributed by atoms with Crippen molar-refractivity contribution in [2.24, 2.45) is 0 Å². The molecule has 31 heavy (non-hydrogen) atoms. The molecule has 0 aliphatic heterocycles. The van der Waals surface area contributed by atoms with Gasteiger partial charge in [0.2, 0.25) is 0 Å². The lowest BCUT2D eigenvalue weighted by atomic mass is 10.1. The number of aromatic nitrogens is 1. The van der Waals surface area contributed by atoms with Crippen molar-refractivity contribution in [2.45, 2.75) is 57.8 Å². The number of carbonyl (C=O) groups is 1. The standard InChI is InChI=1S/C24H28ClNO3S2/c1-4-8-18-21(11-10-17-20(5-2)26-31-24(17)18)28-13-7-14-30-22-12-9-16(15-19(22)25)29-23(27)6-3/h9-12,15H,4-8,13-14H2,1-3H3. The summed E-state index contributed by atoms with van der Waals surface area (Å²) in [6.45, 7) is 6.75. The van der Waals surface area contributed by atoms with E-state index < -0.39 is 0 Å². The SMILES string of the molecule is CCCc1c(OCCCSc2ccc(OC(=O)CC)cc2Cl)ccc2c(CC)nsc12. The number of halogens is 1. The first-order valence-electron chi connectivity index (χ1n) is 10.7. The number of esters is 1. The highest BCUT2D eigenvalue weighted by Crippen LogP contribution is 2.35. The van der Waals surface area contributed by atoms with Crippen LogP contribution in [-0.4, -0.2) is 22.7 Å². The average molecular weight is 478 g/mol. The van der Waals surface area contributed by atoms with E-state index in [1.54, 1.807) is 42.4 Å². The van der Waals surface area contributed by atoms with Gasteiger partial charge in [-0.2, -0.15) is 4.37 Å². The molecule has 0 saturated heterocycles. The summed E-state index contributed by atoms with van der Waals surface area (Å²) in [4.78, 5) is 12.4. The molecule has 0 bridgehead atoms. The summed E-state index contributed by atoms with van der Waals surface area (Å²) in [5.74, 6) is 2.08. The van der Waals surface area contributed by atoms with E-state index in [9.17, 15) is 4.79 Å². The Hall–Kier alpha value is -1.76. The number of carbonyl (C=O) groups excluding carboxylic acids is 1. The van der Waals surface area contributed by atoms with Gasteiger partial charge in [0.1, 0.15) is 11.5 Å². The van der Waals surface area contributed by atoms with Crippen LogP contribution in [0.25, 0.3) is 10.1 Å². The number of fused-ring (bicyclic) bond motifs is 1. The zero-order valence-corrected chi connectivity index (χ0v) is 20.6. The van der Waals surface area contributed by atoms with Crippen LogP contribution in [0, 0.1) is 0 Å². The number of thioether (sulfide) groups is 1. The van der Waals surface area contributed by atoms with Gasteiger partial charge >= 0.3 is 5.97 Å². The zero-order valence-electron chi connectivity index (χ0n) is 18.2. The Morgan fingerprint density at radius 2 is 2.03 bits per heavy atom. The highest BCUT2D eigenvalue weighted by atomic mass is 35.5. The Balaban J connectivity index is 1.54. The molecule has 0 aliphatic carbocycles. The second-order valence-corrected chi connectivity index (χ2v) is 9.44. The molecule has 0 atom stereocenters. The third-order valence-corrected chi connectivity index (χ3v) is 7.38. The van der Waals surface area contributed by atoms with Gasteiger partial charge in [0.05, 0.1) is 22.0 Å². The molecule has 0 radical (unpaired) electrons. The fourth-order valence-corrected chi connectivity index (χ4v) is 5.46. The van der Waals surface area contributed by atoms with E-state index in [4.69, 9.17) is 21.1 Å². The predicted octanol–water partition coefficient (Wildman–Crippen LogP) is 7.34. The summed E-state index contributed by atoms with van der Waals surface area (Å²) in [6.07, 6.45) is 4.27. The third kappa shape index (κ3) is 6.15. The van der Waals surface area contributed by atoms with Crippen LogP contribution in [0.4, 0.5) is 0 Å². The number of rotatable bonds is 11. The summed E-state index contributed by atoms with van der Waals surface area (Å²) in [6, 6.07) is 9.62. The monoisotopic (exact) mass is 477 g/mol. The molecule has 2 aromatic carbocycles. The predicted molar refractivity (Wildman–Crippen MR) is 131 cm³/mol. The first kappa shape index (κ1) is 23.9. The van der Waals surface area contributed by atoms with Crippen molar-refractivity contribution in [1.82, 2.24) is 4.37 Å². The van der Waals surface area contributed by atoms with Crippen LogP contribution in [0.5, 0.6) is 11.5 Å². The molecule has 0 saturated carbocycles. The molecule has 0 amide bonds. The van der Waals surface area contributed by atoms with Gasteiger partial charge in [-0.15, -0.1) is 11.8 Å². The van der Waals surface area contributed by atoms with Crippen molar-refractivity contribution >= 4 is 51.0 Å². The molecule has 0 N–H and O–H groups in total. The smallest absolute Gasteiger partial charge is 0.310 e. The number of ether oxygens (including phenoxy) is 2. The summed E-state index contributed by atoms with van der Waals surface area (Å²) >= 11 is 9.61. The molecular weight excluding hydrogens is 450 g/mol. The van der Waals surface area contributed by atoms with Crippen LogP contribution in [0.15, 0.2) is 35.2 Å². The van der Waals surface area contributed by atoms with Crippen LogP contribution in [0.1, 0.15) is 51.3 Å². The summed E-state index contributed by atoms with van der Waals surface area (Å²) in [5, 5.41) is 1.86. The Morgan fingerprint density at radius 1 is 1.19 bits per heavy atom. The lowest BCUT2D eigenvalue weighted by Crippen LogP contribution is -2.05. The highest BCUT2D eigenvalue weighted by Gasteiger charge is 2.14. The minimum Gasteiger partial charge on any atom is -0.493 e. The molecule has 0 aliphatic rings. The number of hydrogen-bond donors (Lipinski definition) is 0. The molecule has 0 spiro atoms. The molecule has 0 unspecified atom stereocenters. The van der Waals surface area contributed by atoms with Crippen molar-refractivity contribution in [2.75, 3.05) is 12.4 Å². The molecule has 3 aromatic rings. The molecule has 4 nitrogen and oxygen atoms in total. The number of hydrogen-bond acceptors (Lipinski definition) is 6. The van der Waals surface area contributed by atoms with E-state index in [2.05, 4.69) is 30.4 Å². The van der Waals surface area contributed by atoms with Crippen LogP contribution in [-0.2, 0) is 17.6 Å². The minimum atomic E-state index is -0.265. The summed E-state index contributed by atoms with van der Waals surface area (Å²) in [7, 11) is 0. The lowest BCUT2D eigenvalue weighted by molar-refractivity contribution is -0.134. The summed E-state index contributed by atoms with van der Waals surface area (Å²) < 4.78 is 17.2. The van der Waals surface area contributed by atoms with E-state index in [0.717, 1.165) is 42.1 Å². The van der Waals surface area contributed by atoms with Crippen LogP contribution in [0.3, 0.4) is 0 Å². The molecule has 1 heterocycles. The van der Waals surface area contributed by atoms with Gasteiger partial charge in [0.25, 0.3) is 0 Å². The van der Waals surface area contributed by atoms with Crippen molar-refractivity contribution in [3.8, 4) is 11.5 Å². The Morgan fingerprint density at radius 3 is 2.74 bits per heavy atom. The summed E-state index contributed by atoms with van der Waals surface area (Å²) in [5.41, 5.74) is 2.46. The molecule has 166 valence electrons. The first-order chi connectivity index (χ1) is 15.1. The fraction of sp³-hybridized carbons (Fsp3) is 0.417. The Kier molecular flexibility index (Phi) is 9.05. The maximum atomic E-state index is 11.4. The maximum Gasteiger partial charge on any atom is 0.310 e. The number of benzene rings is 2. The van der Waals surface area contributed by atoms with Gasteiger partial charge in [-0.1, -0.05) is 38.8 Å². The topological polar surface area (TPSA) is 48.4 Å². The zero-order chi connectivity index (χ0) is 22.2. The largest absolute Gasteiger partial charge is 0.493 e. The van der Waals surface area contributed by atoms with Crippen LogP contribution in [0.2, 0.25) is 5.02 Å². The highest BCUT2D eigenvalue weighted by molar-refractivity contribution is 7.99. The molecule has 1 aromatic heterocycles. The maximum absolute atomic E-state index is 11.4. The number of nitrogens with zero attached hydrogens (tertiary/aromatic N) is 1. The molecule has 7 heteroatoms. The Bertz CT molecular complexity index is 1040. The van der Waals surface area contributed by atoms with Crippen LogP contribution >= 0.6 is 34.9 Å². The van der Waals surface area contributed by atoms with Crippen molar-refractivity contribution < 1.29 is 14.3 Å². The second-order valence-electron chi connectivity index (χ2n) is 7.12. The van der Waals surface area contributed by atoms with Gasteiger partial charge in [-0.25, -0.2) is 0 Å². The van der Waals surface area contributed by atoms with Gasteiger partial charge in [0.15, 0.2) is 0 Å². The van der Waals surface area contributed by atoms with Crippen molar-refractivity contribution in [3.63, 3.8) is 0 Å². The quantitative estimate of drug-likeness (QED) is 0.125.